The molecule has 0 saturated heterocycles. The molecule has 1 aliphatic rings. The molecular weight excluding hydrogens is 540 g/mol. The van der Waals surface area contributed by atoms with Gasteiger partial charge in [-0.25, -0.2) is 0 Å². The minimum Gasteiger partial charge on any atom is -0.457 e. The first kappa shape index (κ1) is 36.4. The van der Waals surface area contributed by atoms with Crippen molar-refractivity contribution >= 4 is 11.9 Å². The van der Waals surface area contributed by atoms with Crippen LogP contribution in [0.15, 0.2) is 35.9 Å². The molecule has 0 N–H and O–H groups in total. The van der Waals surface area contributed by atoms with Gasteiger partial charge >= 0.3 is 11.9 Å². The number of hydrogen-bond donors (Lipinski definition) is 0. The fourth-order valence-corrected chi connectivity index (χ4v) is 5.33. The average Bonchev–Trinajstić information content (AvgIpc) is 2.89. The summed E-state index contributed by atoms with van der Waals surface area (Å²) in [4.78, 5) is 25.2. The van der Waals surface area contributed by atoms with Crippen LogP contribution in [-0.2, 0) is 24.5 Å². The number of allylic oxidation sites excluding steroid dienone is 3. The fourth-order valence-electron chi connectivity index (χ4n) is 5.33. The van der Waals surface area contributed by atoms with E-state index in [1.54, 1.807) is 0 Å². The van der Waals surface area contributed by atoms with Crippen LogP contribution < -0.4 is 9.47 Å². The first-order valence-electron chi connectivity index (χ1n) is 16.0. The van der Waals surface area contributed by atoms with E-state index >= 15 is 0 Å². The summed E-state index contributed by atoms with van der Waals surface area (Å²) < 4.78 is 23.8. The molecule has 1 aliphatic carbocycles. The Labute approximate surface area is 261 Å². The summed E-state index contributed by atoms with van der Waals surface area (Å²) >= 11 is 0. The van der Waals surface area contributed by atoms with Crippen molar-refractivity contribution in [3.63, 3.8) is 0 Å². The van der Waals surface area contributed by atoms with Gasteiger partial charge in [0, 0.05) is 11.5 Å². The lowest BCUT2D eigenvalue weighted by atomic mass is 9.72. The van der Waals surface area contributed by atoms with E-state index in [4.69, 9.17) is 18.9 Å². The van der Waals surface area contributed by atoms with E-state index in [0.717, 1.165) is 42.4 Å². The highest BCUT2D eigenvalue weighted by molar-refractivity contribution is 5.75. The van der Waals surface area contributed by atoms with Crippen molar-refractivity contribution < 1.29 is 28.5 Å². The number of benzene rings is 1. The van der Waals surface area contributed by atoms with E-state index in [2.05, 4.69) is 59.4 Å². The van der Waals surface area contributed by atoms with Gasteiger partial charge in [-0.1, -0.05) is 70.3 Å². The van der Waals surface area contributed by atoms with E-state index in [1.165, 1.54) is 24.8 Å². The second-order valence-corrected chi connectivity index (χ2v) is 15.0. The molecule has 0 unspecified atom stereocenters. The van der Waals surface area contributed by atoms with Gasteiger partial charge < -0.3 is 18.9 Å². The lowest BCUT2D eigenvalue weighted by Gasteiger charge is -2.34. The minimum absolute atomic E-state index is 0.0606. The van der Waals surface area contributed by atoms with Crippen molar-refractivity contribution in [1.82, 2.24) is 0 Å². The molecule has 6 heteroatoms. The summed E-state index contributed by atoms with van der Waals surface area (Å²) in [5.74, 6) is 0.672. The van der Waals surface area contributed by atoms with Crippen LogP contribution in [0.25, 0.3) is 0 Å². The first-order chi connectivity index (χ1) is 19.9. The number of carbonyl (C=O) groups excluding carboxylic acids is 2. The molecule has 43 heavy (non-hydrogen) atoms. The Kier molecular flexibility index (Phi) is 13.0. The fraction of sp³-hybridized carbons (Fsp3) is 0.676. The van der Waals surface area contributed by atoms with Gasteiger partial charge in [0.1, 0.15) is 11.5 Å². The van der Waals surface area contributed by atoms with E-state index < -0.39 is 10.8 Å². The van der Waals surface area contributed by atoms with Gasteiger partial charge in [0.05, 0.1) is 10.8 Å². The van der Waals surface area contributed by atoms with Gasteiger partial charge in [-0.15, -0.1) is 0 Å². The van der Waals surface area contributed by atoms with Crippen molar-refractivity contribution in [1.29, 1.82) is 0 Å². The highest BCUT2D eigenvalue weighted by Gasteiger charge is 2.34. The predicted molar refractivity (Wildman–Crippen MR) is 174 cm³/mol. The molecule has 0 aromatic heterocycles. The van der Waals surface area contributed by atoms with Crippen molar-refractivity contribution in [2.45, 2.75) is 132 Å². The maximum absolute atomic E-state index is 12.6. The summed E-state index contributed by atoms with van der Waals surface area (Å²) in [5, 5.41) is 0. The first-order valence-corrected chi connectivity index (χ1v) is 16.0. The van der Waals surface area contributed by atoms with Crippen LogP contribution in [-0.4, -0.2) is 25.5 Å². The molecule has 0 fully saturated rings. The van der Waals surface area contributed by atoms with Crippen molar-refractivity contribution in [3.8, 4) is 11.5 Å². The van der Waals surface area contributed by atoms with Gasteiger partial charge in [-0.2, -0.15) is 0 Å². The molecule has 0 amide bonds. The van der Waals surface area contributed by atoms with Crippen LogP contribution in [0.4, 0.5) is 0 Å². The molecule has 0 bridgehead atoms. The number of hydrogen-bond acceptors (Lipinski definition) is 6. The molecule has 0 radical (unpaired) electrons. The van der Waals surface area contributed by atoms with Crippen molar-refractivity contribution in [2.75, 3.05) is 13.6 Å². The minimum atomic E-state index is -0.645. The van der Waals surface area contributed by atoms with Crippen molar-refractivity contribution in [3.05, 3.63) is 47.1 Å². The summed E-state index contributed by atoms with van der Waals surface area (Å²) in [6.45, 7) is 25.7. The quantitative estimate of drug-likeness (QED) is 0.0919. The summed E-state index contributed by atoms with van der Waals surface area (Å²) in [6.07, 6.45) is 9.93. The van der Waals surface area contributed by atoms with Gasteiger partial charge in [0.25, 0.3) is 0 Å². The molecule has 0 spiro atoms. The van der Waals surface area contributed by atoms with E-state index in [0.29, 0.717) is 11.5 Å². The second kappa shape index (κ2) is 15.3. The number of unbranched alkanes of at least 4 members (excludes halogenated alkanes) is 3. The third-order valence-electron chi connectivity index (χ3n) is 8.29. The topological polar surface area (TPSA) is 71.1 Å². The monoisotopic (exact) mass is 598 g/mol. The van der Waals surface area contributed by atoms with Gasteiger partial charge in [0.15, 0.2) is 0 Å². The standard InChI is InChI=1S/C37H58O6/c1-13-14-15-16-19-37(11,12)27-21-30(40-23-42-33(38)35(5,6)7)32(29-20-26(4)17-18-28(29)25(2)3)31(22-27)41-24-43-34(39)36(8,9)10/h20-22,28-29H,2,13-19,23-24H2,1,3-12H3/t28-,29+/m0/s1. The largest absolute Gasteiger partial charge is 0.457 e. The zero-order chi connectivity index (χ0) is 32.6. The van der Waals surface area contributed by atoms with Gasteiger partial charge in [-0.05, 0) is 104 Å². The average molecular weight is 599 g/mol. The van der Waals surface area contributed by atoms with Crippen LogP contribution in [0.3, 0.4) is 0 Å². The van der Waals surface area contributed by atoms with E-state index in [1.807, 2.05) is 41.5 Å². The number of rotatable bonds is 14. The molecule has 2 atom stereocenters. The zero-order valence-corrected chi connectivity index (χ0v) is 28.9. The molecule has 0 aliphatic heterocycles. The lowest BCUT2D eigenvalue weighted by molar-refractivity contribution is -0.160. The van der Waals surface area contributed by atoms with Crippen molar-refractivity contribution in [2.24, 2.45) is 16.7 Å². The molecule has 6 nitrogen and oxygen atoms in total. The maximum atomic E-state index is 12.6. The molecule has 0 heterocycles. The highest BCUT2D eigenvalue weighted by Crippen LogP contribution is 2.49. The van der Waals surface area contributed by atoms with E-state index in [-0.39, 0.29) is 42.8 Å². The Morgan fingerprint density at radius 2 is 1.37 bits per heavy atom. The normalized spacial score (nSPS) is 17.6. The van der Waals surface area contributed by atoms with Gasteiger partial charge in [-0.3, -0.25) is 9.59 Å². The van der Waals surface area contributed by atoms with Crippen LogP contribution in [0.2, 0.25) is 0 Å². The summed E-state index contributed by atoms with van der Waals surface area (Å²) in [6, 6.07) is 4.17. The number of ether oxygens (including phenoxy) is 4. The molecule has 0 saturated carbocycles. The summed E-state index contributed by atoms with van der Waals surface area (Å²) in [5.41, 5.74) is 2.84. The van der Waals surface area contributed by atoms with Crippen LogP contribution in [0, 0.1) is 16.7 Å². The van der Waals surface area contributed by atoms with Crippen LogP contribution in [0.5, 0.6) is 11.5 Å². The maximum Gasteiger partial charge on any atom is 0.314 e. The van der Waals surface area contributed by atoms with Crippen LogP contribution in [0.1, 0.15) is 138 Å². The Morgan fingerprint density at radius 3 is 1.81 bits per heavy atom. The second-order valence-electron chi connectivity index (χ2n) is 15.0. The number of esters is 2. The molecule has 1 aromatic carbocycles. The SMILES string of the molecule is C=C(C)[C@@H]1CCC(C)=C[C@H]1c1c(OCOC(=O)C(C)(C)C)cc(C(C)(C)CCCCCC)cc1OCOC(=O)C(C)(C)C. The molecule has 242 valence electrons. The van der Waals surface area contributed by atoms with Crippen LogP contribution >= 0.6 is 0 Å². The Hall–Kier alpha value is -2.76. The predicted octanol–water partition coefficient (Wildman–Crippen LogP) is 9.80. The summed E-state index contributed by atoms with van der Waals surface area (Å²) in [7, 11) is 0. The third kappa shape index (κ3) is 10.7. The zero-order valence-electron chi connectivity index (χ0n) is 28.9. The Morgan fingerprint density at radius 1 is 0.860 bits per heavy atom. The Balaban J connectivity index is 2.66. The van der Waals surface area contributed by atoms with E-state index in [9.17, 15) is 9.59 Å². The molecule has 1 aromatic rings. The molecular formula is C37H58O6. The molecule has 2 rings (SSSR count). The Bertz CT molecular complexity index is 1090. The number of carbonyl (C=O) groups is 2. The highest BCUT2D eigenvalue weighted by atomic mass is 16.7. The third-order valence-corrected chi connectivity index (χ3v) is 8.29. The lowest BCUT2D eigenvalue weighted by Crippen LogP contribution is -2.26. The van der Waals surface area contributed by atoms with Gasteiger partial charge in [0.2, 0.25) is 13.6 Å². The smallest absolute Gasteiger partial charge is 0.314 e.